The van der Waals surface area contributed by atoms with Gasteiger partial charge < -0.3 is 24.8 Å². The van der Waals surface area contributed by atoms with Crippen LogP contribution in [0.3, 0.4) is 0 Å². The number of unbranched alkanes of at least 4 members (excludes halogenated alkanes) is 7. The average Bonchev–Trinajstić information content (AvgIpc) is 3.62. The highest BCUT2D eigenvalue weighted by molar-refractivity contribution is 5.30. The van der Waals surface area contributed by atoms with Crippen LogP contribution in [0.25, 0.3) is 0 Å². The molecule has 0 aromatic heterocycles. The summed E-state index contributed by atoms with van der Waals surface area (Å²) in [5.74, 6) is 5.69. The summed E-state index contributed by atoms with van der Waals surface area (Å²) in [6.45, 7) is 28.4. The largest absolute Gasteiger partial charge is 0.379 e. The molecule has 8 unspecified atom stereocenters. The van der Waals surface area contributed by atoms with Gasteiger partial charge in [-0.15, -0.1) is 12.3 Å². The van der Waals surface area contributed by atoms with E-state index in [1.54, 1.807) is 12.5 Å². The maximum atomic E-state index is 7.60. The Hall–Kier alpha value is -1.16. The Bertz CT molecular complexity index is 1030. The van der Waals surface area contributed by atoms with Gasteiger partial charge in [-0.25, -0.2) is 0 Å². The molecule has 2 N–H and O–H groups in total. The number of rotatable bonds is 24. The molecule has 5 heteroatoms. The highest BCUT2D eigenvalue weighted by Gasteiger charge is 2.58. The summed E-state index contributed by atoms with van der Waals surface area (Å²) in [5.41, 5.74) is 9.41. The van der Waals surface area contributed by atoms with E-state index in [0.717, 1.165) is 76.7 Å². The molecule has 0 spiro atoms. The molecule has 3 aliphatic carbocycles. The molecule has 0 aromatic carbocycles. The smallest absolute Gasteiger partial charge is 0.0934 e. The van der Waals surface area contributed by atoms with Crippen LogP contribution in [-0.2, 0) is 14.2 Å². The first-order valence-electron chi connectivity index (χ1n) is 23.9. The lowest BCUT2D eigenvalue weighted by Crippen LogP contribution is -2.62. The first-order chi connectivity index (χ1) is 27.0. The molecule has 3 aliphatic rings. The van der Waals surface area contributed by atoms with Crippen molar-refractivity contribution >= 4 is 0 Å². The molecular weight excluding hydrogens is 689 g/mol. The second kappa shape index (κ2) is 32.7. The third-order valence-electron chi connectivity index (χ3n) is 13.4. The number of terminal acetylenes is 1. The second-order valence-corrected chi connectivity index (χ2v) is 17.5. The Morgan fingerprint density at radius 3 is 2.11 bits per heavy atom. The van der Waals surface area contributed by atoms with E-state index in [-0.39, 0.29) is 17.1 Å². The van der Waals surface area contributed by atoms with Crippen molar-refractivity contribution in [2.24, 2.45) is 40.7 Å². The number of allylic oxidation sites excluding steroid dienone is 2. The quantitative estimate of drug-likeness (QED) is 0.0600. The van der Waals surface area contributed by atoms with Crippen LogP contribution in [0.2, 0.25) is 0 Å². The van der Waals surface area contributed by atoms with Gasteiger partial charge in [0.2, 0.25) is 0 Å². The average molecular weight is 787 g/mol. The number of fused-ring (bicyclic) bond motifs is 1. The van der Waals surface area contributed by atoms with E-state index in [1.807, 2.05) is 20.8 Å². The molecule has 2 saturated carbocycles. The summed E-state index contributed by atoms with van der Waals surface area (Å²) >= 11 is 0. The lowest BCUT2D eigenvalue weighted by atomic mass is 9.47. The Balaban J connectivity index is 0.00000271. The molecule has 0 bridgehead atoms. The first-order valence-corrected chi connectivity index (χ1v) is 23.9. The van der Waals surface area contributed by atoms with Gasteiger partial charge >= 0.3 is 0 Å². The maximum absolute atomic E-state index is 7.60. The number of likely N-dealkylation sites (N-methyl/N-ethyl adjacent to an activating group) is 1. The number of nitrogens with zero attached hydrogens (tertiary/aromatic N) is 1. The van der Waals surface area contributed by atoms with Crippen molar-refractivity contribution < 1.29 is 14.2 Å². The summed E-state index contributed by atoms with van der Waals surface area (Å²) in [7, 11) is 4.24. The van der Waals surface area contributed by atoms with Crippen molar-refractivity contribution in [1.29, 1.82) is 0 Å². The highest BCUT2D eigenvalue weighted by Crippen LogP contribution is 2.61. The van der Waals surface area contributed by atoms with Gasteiger partial charge in [0, 0.05) is 31.9 Å². The van der Waals surface area contributed by atoms with Gasteiger partial charge in [-0.1, -0.05) is 137 Å². The molecule has 0 heterocycles. The molecule has 0 amide bonds. The van der Waals surface area contributed by atoms with E-state index in [0.29, 0.717) is 30.5 Å². The lowest BCUT2D eigenvalue weighted by Gasteiger charge is -2.59. The van der Waals surface area contributed by atoms with E-state index in [9.17, 15) is 0 Å². The zero-order valence-electron chi connectivity index (χ0n) is 39.9. The number of hydrogen-bond donors (Lipinski definition) is 1. The molecule has 0 aliphatic heterocycles. The molecule has 330 valence electrons. The van der Waals surface area contributed by atoms with Gasteiger partial charge in [-0.2, -0.15) is 0 Å². The van der Waals surface area contributed by atoms with E-state index in [4.69, 9.17) is 19.9 Å². The van der Waals surface area contributed by atoms with Gasteiger partial charge in [0.05, 0.1) is 18.8 Å². The fourth-order valence-corrected chi connectivity index (χ4v) is 10.4. The van der Waals surface area contributed by atoms with Crippen molar-refractivity contribution in [3.63, 3.8) is 0 Å². The molecule has 5 nitrogen and oxygen atoms in total. The van der Waals surface area contributed by atoms with Crippen LogP contribution in [0, 0.1) is 47.3 Å². The minimum atomic E-state index is -0.0740. The molecule has 0 aromatic rings. The minimum Gasteiger partial charge on any atom is -0.379 e. The van der Waals surface area contributed by atoms with Gasteiger partial charge in [-0.05, 0) is 127 Å². The molecule has 0 saturated heterocycles. The van der Waals surface area contributed by atoms with E-state index in [1.165, 1.54) is 77.0 Å². The number of nitrogens with two attached hydrogens (primary N) is 1. The van der Waals surface area contributed by atoms with Crippen LogP contribution < -0.4 is 5.73 Å². The molecule has 8 atom stereocenters. The van der Waals surface area contributed by atoms with Gasteiger partial charge in [0.1, 0.15) is 0 Å². The summed E-state index contributed by atoms with van der Waals surface area (Å²) in [6, 6.07) is 0. The van der Waals surface area contributed by atoms with E-state index < -0.39 is 0 Å². The topological polar surface area (TPSA) is 57.0 Å². The standard InChI is InChI=1S/C41H78N2O3.C5H10.C3H4.C2H6/c1-9-12-13-14-15-16-17-26-44-31-37(30-43(7)8)46-28-19-18-27-45-36-23-24-40(32(4)5)33(6)41(42,25-22-35(40)29-36)39-21-20-34(10-2)38(39)11-3;1-3-5-4-2;1-3-2;1-2/h22,32-34,36-39H,9-21,23-31,42H2,1-8H3;3,5H,4H2,1-2H3;1H,2H3;1-2H3/b;5-3-;;. The summed E-state index contributed by atoms with van der Waals surface area (Å²) in [6.07, 6.45) is 34.2. The fraction of sp³-hybridized carbons (Fsp3) is 0.882. The third kappa shape index (κ3) is 18.4. The Morgan fingerprint density at radius 2 is 1.55 bits per heavy atom. The zero-order valence-corrected chi connectivity index (χ0v) is 39.9. The predicted octanol–water partition coefficient (Wildman–Crippen LogP) is 13.5. The van der Waals surface area contributed by atoms with Gasteiger partial charge in [0.25, 0.3) is 0 Å². The van der Waals surface area contributed by atoms with Crippen LogP contribution in [0.4, 0.5) is 0 Å². The zero-order chi connectivity index (χ0) is 42.4. The van der Waals surface area contributed by atoms with Crippen LogP contribution in [-0.4, -0.2) is 69.7 Å². The summed E-state index contributed by atoms with van der Waals surface area (Å²) in [4.78, 5) is 2.21. The first kappa shape index (κ1) is 54.8. The van der Waals surface area contributed by atoms with Crippen LogP contribution >= 0.6 is 0 Å². The molecule has 3 rings (SSSR count). The second-order valence-electron chi connectivity index (χ2n) is 17.5. The summed E-state index contributed by atoms with van der Waals surface area (Å²) in [5, 5.41) is 0. The van der Waals surface area contributed by atoms with Crippen molar-refractivity contribution in [2.75, 3.05) is 47.1 Å². The van der Waals surface area contributed by atoms with Crippen LogP contribution in [0.1, 0.15) is 192 Å². The van der Waals surface area contributed by atoms with Crippen molar-refractivity contribution in [3.8, 4) is 12.3 Å². The Kier molecular flexibility index (Phi) is 32.0. The normalized spacial score (nSPS) is 27.6. The summed E-state index contributed by atoms with van der Waals surface area (Å²) < 4.78 is 18.9. The molecule has 0 radical (unpaired) electrons. The van der Waals surface area contributed by atoms with E-state index in [2.05, 4.69) is 98.0 Å². The molecule has 56 heavy (non-hydrogen) atoms. The third-order valence-corrected chi connectivity index (χ3v) is 13.4. The molecule has 2 fully saturated rings. The van der Waals surface area contributed by atoms with Crippen molar-refractivity contribution in [3.05, 3.63) is 23.8 Å². The van der Waals surface area contributed by atoms with Gasteiger partial charge in [-0.3, -0.25) is 0 Å². The van der Waals surface area contributed by atoms with E-state index >= 15 is 0 Å². The predicted molar refractivity (Wildman–Crippen MR) is 247 cm³/mol. The van der Waals surface area contributed by atoms with Crippen LogP contribution in [0.15, 0.2) is 23.8 Å². The Morgan fingerprint density at radius 1 is 0.929 bits per heavy atom. The minimum absolute atomic E-state index is 0.0740. The number of ether oxygens (including phenoxy) is 3. The van der Waals surface area contributed by atoms with Crippen molar-refractivity contribution in [1.82, 2.24) is 4.90 Å². The maximum Gasteiger partial charge on any atom is 0.0934 e. The van der Waals surface area contributed by atoms with Gasteiger partial charge in [0.15, 0.2) is 0 Å². The monoisotopic (exact) mass is 787 g/mol. The van der Waals surface area contributed by atoms with Crippen LogP contribution in [0.5, 0.6) is 0 Å². The molecular formula is C51H98N2O3. The fourth-order valence-electron chi connectivity index (χ4n) is 10.4. The van der Waals surface area contributed by atoms with Crippen molar-refractivity contribution in [2.45, 2.75) is 209 Å². The highest BCUT2D eigenvalue weighted by atomic mass is 16.5. The lowest BCUT2D eigenvalue weighted by molar-refractivity contribution is -0.0456. The SMILES string of the molecule is C#CC.C/C=C\CC.CC.CCCCCCCCCOCC(CN(C)C)OCCCCOC1CCC2(C(C)C)C(=CCC(N)(C3CCC(CC)C3CC)C2C)C1. The number of hydrogen-bond acceptors (Lipinski definition) is 5. The Labute approximate surface area is 351 Å².